The number of nitro groups is 2. The minimum absolute atomic E-state index is 0.0571. The van der Waals surface area contributed by atoms with E-state index in [9.17, 15) is 30.1 Å². The molecule has 210 valence electrons. The molecule has 2 aliphatic rings. The normalized spacial score (nSPS) is 13.4. The number of benzene rings is 7. The second kappa shape index (κ2) is 7.93. The number of carbonyl (C=O) groups is 1. The smallest absolute Gasteiger partial charge is 0.270 e. The summed E-state index contributed by atoms with van der Waals surface area (Å²) in [5.41, 5.74) is 5.00. The molecule has 0 aromatic heterocycles. The molecule has 0 spiro atoms. The molecule has 0 saturated carbocycles. The van der Waals surface area contributed by atoms with Crippen molar-refractivity contribution in [2.75, 3.05) is 0 Å². The van der Waals surface area contributed by atoms with Gasteiger partial charge in [0.2, 0.25) is 0 Å². The van der Waals surface area contributed by atoms with Gasteiger partial charge in [-0.25, -0.2) is 0 Å². The number of hydrogen-bond acceptors (Lipinski definition) is 6. The lowest BCUT2D eigenvalue weighted by atomic mass is 9.76. The Kier molecular flexibility index (Phi) is 4.45. The van der Waals surface area contributed by atoms with Crippen molar-refractivity contribution in [2.24, 2.45) is 0 Å². The molecule has 7 aromatic rings. The first-order valence-corrected chi connectivity index (χ1v) is 14.2. The van der Waals surface area contributed by atoms with Crippen molar-refractivity contribution >= 4 is 77.1 Å². The van der Waals surface area contributed by atoms with E-state index in [0.717, 1.165) is 75.9 Å². The molecule has 0 saturated heterocycles. The van der Waals surface area contributed by atoms with Gasteiger partial charge in [-0.05, 0) is 109 Å². The minimum atomic E-state index is -0.482. The van der Waals surface area contributed by atoms with Crippen molar-refractivity contribution in [3.8, 4) is 16.9 Å². The fraction of sp³-hybridized carbons (Fsp3) is 0.0833. The SMILES string of the molecule is Cc1cc2c3ccc([N+](=O)[O-])cc3c(O)c3c2c2c(c4ccc5c6c(cc(C)c(c12)c64)-c1ccc([N+](=O)[O-])cc1C5=O)=CC3. The Balaban J connectivity index is 1.50. The lowest BCUT2D eigenvalue weighted by molar-refractivity contribution is -0.385. The molecular weight excluding hydrogens is 556 g/mol. The van der Waals surface area contributed by atoms with Gasteiger partial charge in [0.05, 0.1) is 9.85 Å². The van der Waals surface area contributed by atoms with Gasteiger partial charge in [0.15, 0.2) is 5.78 Å². The fourth-order valence-electron chi connectivity index (χ4n) is 7.90. The number of phenolic OH excluding ortho intramolecular Hbond substituents is 1. The van der Waals surface area contributed by atoms with Crippen LogP contribution in [0.25, 0.3) is 71.1 Å². The van der Waals surface area contributed by atoms with Gasteiger partial charge in [-0.15, -0.1) is 0 Å². The quantitative estimate of drug-likeness (QED) is 0.0967. The van der Waals surface area contributed by atoms with Crippen LogP contribution in [-0.2, 0) is 6.42 Å². The Morgan fingerprint density at radius 1 is 0.614 bits per heavy atom. The topological polar surface area (TPSA) is 124 Å². The van der Waals surface area contributed by atoms with E-state index in [-0.39, 0.29) is 22.9 Å². The lowest BCUT2D eigenvalue weighted by Crippen LogP contribution is -2.16. The highest BCUT2D eigenvalue weighted by atomic mass is 16.6. The van der Waals surface area contributed by atoms with E-state index in [4.69, 9.17) is 0 Å². The van der Waals surface area contributed by atoms with Crippen LogP contribution in [0.3, 0.4) is 0 Å². The number of rotatable bonds is 2. The summed E-state index contributed by atoms with van der Waals surface area (Å²) in [5, 5.41) is 44.6. The molecule has 2 aliphatic carbocycles. The molecule has 44 heavy (non-hydrogen) atoms. The molecule has 0 amide bonds. The summed E-state index contributed by atoms with van der Waals surface area (Å²) in [6.07, 6.45) is 2.54. The van der Waals surface area contributed by atoms with Crippen LogP contribution in [0.4, 0.5) is 11.4 Å². The first-order chi connectivity index (χ1) is 21.2. The predicted molar refractivity (Wildman–Crippen MR) is 171 cm³/mol. The Morgan fingerprint density at radius 3 is 2.05 bits per heavy atom. The fourth-order valence-corrected chi connectivity index (χ4v) is 7.90. The number of aromatic hydroxyl groups is 1. The Labute approximate surface area is 247 Å². The third-order valence-corrected chi connectivity index (χ3v) is 9.66. The monoisotopic (exact) mass is 576 g/mol. The van der Waals surface area contributed by atoms with Crippen LogP contribution >= 0.6 is 0 Å². The van der Waals surface area contributed by atoms with E-state index in [1.54, 1.807) is 12.1 Å². The number of fused-ring (bicyclic) bond motifs is 6. The number of hydrogen-bond donors (Lipinski definition) is 1. The third-order valence-electron chi connectivity index (χ3n) is 9.66. The summed E-state index contributed by atoms with van der Waals surface area (Å²) in [6.45, 7) is 4.11. The summed E-state index contributed by atoms with van der Waals surface area (Å²) in [7, 11) is 0. The van der Waals surface area contributed by atoms with E-state index in [1.165, 1.54) is 24.3 Å². The van der Waals surface area contributed by atoms with Crippen molar-refractivity contribution < 1.29 is 19.7 Å². The van der Waals surface area contributed by atoms with Gasteiger partial charge in [0, 0.05) is 51.7 Å². The predicted octanol–water partition coefficient (Wildman–Crippen LogP) is 7.86. The highest BCUT2D eigenvalue weighted by Gasteiger charge is 2.31. The van der Waals surface area contributed by atoms with E-state index < -0.39 is 9.85 Å². The molecule has 1 N–H and O–H groups in total. The number of carbonyl (C=O) groups excluding carboxylic acids is 1. The van der Waals surface area contributed by atoms with Gasteiger partial charge in [-0.3, -0.25) is 25.0 Å². The zero-order valence-electron chi connectivity index (χ0n) is 23.4. The van der Waals surface area contributed by atoms with Crippen molar-refractivity contribution in [1.29, 1.82) is 0 Å². The third kappa shape index (κ3) is 2.80. The van der Waals surface area contributed by atoms with Crippen LogP contribution in [0, 0.1) is 34.1 Å². The molecular formula is C36H20N2O6. The zero-order chi connectivity index (χ0) is 30.3. The summed E-state index contributed by atoms with van der Waals surface area (Å²) >= 11 is 0. The first-order valence-electron chi connectivity index (χ1n) is 14.2. The van der Waals surface area contributed by atoms with Crippen LogP contribution in [0.15, 0.2) is 60.7 Å². The number of aryl methyl sites for hydroxylation is 2. The average Bonchev–Trinajstić information content (AvgIpc) is 3.02. The van der Waals surface area contributed by atoms with Gasteiger partial charge in [-0.2, -0.15) is 0 Å². The van der Waals surface area contributed by atoms with Gasteiger partial charge in [0.25, 0.3) is 11.4 Å². The Morgan fingerprint density at radius 2 is 1.27 bits per heavy atom. The average molecular weight is 577 g/mol. The molecule has 8 heteroatoms. The second-order valence-corrected chi connectivity index (χ2v) is 11.8. The van der Waals surface area contributed by atoms with E-state index in [1.807, 2.05) is 12.1 Å². The number of phenols is 1. The highest BCUT2D eigenvalue weighted by Crippen LogP contribution is 2.49. The minimum Gasteiger partial charge on any atom is -0.507 e. The number of non-ortho nitro benzene ring substituents is 2. The Bertz CT molecular complexity index is 2690. The molecule has 0 atom stereocenters. The molecule has 0 radical (unpaired) electrons. The van der Waals surface area contributed by atoms with Crippen molar-refractivity contribution in [3.05, 3.63) is 114 Å². The van der Waals surface area contributed by atoms with Crippen LogP contribution in [0.2, 0.25) is 0 Å². The molecule has 0 bridgehead atoms. The van der Waals surface area contributed by atoms with E-state index in [2.05, 4.69) is 32.1 Å². The second-order valence-electron chi connectivity index (χ2n) is 11.8. The maximum Gasteiger partial charge on any atom is 0.270 e. The molecule has 0 fully saturated rings. The molecule has 7 aromatic carbocycles. The van der Waals surface area contributed by atoms with Gasteiger partial charge in [0.1, 0.15) is 5.75 Å². The first kappa shape index (κ1) is 24.7. The Hall–Kier alpha value is -5.89. The standard InChI is InChI=1S/C36H20N2O6/c1-15-11-25-19-5-3-17(37(41)42)13-27(19)35(39)23-9-7-21-22-8-10-24-32-26(20-6-4-18(38(43)44)14-28(20)36(24)40)12-16(2)30(34(22)32)29(15)33(21)31(23)25/h3-9,11-14,40H,10H2,1-2H3. The number of ketones is 1. The number of nitrogens with zero attached hydrogens (tertiary/aromatic N) is 2. The number of nitro benzene ring substituents is 2. The van der Waals surface area contributed by atoms with E-state index in [0.29, 0.717) is 28.5 Å². The van der Waals surface area contributed by atoms with Crippen LogP contribution < -0.4 is 5.22 Å². The molecule has 0 unspecified atom stereocenters. The summed E-state index contributed by atoms with van der Waals surface area (Å²) in [5.74, 6) is -0.175. The highest BCUT2D eigenvalue weighted by molar-refractivity contribution is 6.37. The largest absolute Gasteiger partial charge is 0.507 e. The van der Waals surface area contributed by atoms with Crippen molar-refractivity contribution in [2.45, 2.75) is 20.3 Å². The van der Waals surface area contributed by atoms with Crippen LogP contribution in [0.5, 0.6) is 5.75 Å². The summed E-state index contributed by atoms with van der Waals surface area (Å²) in [4.78, 5) is 36.0. The zero-order valence-corrected chi connectivity index (χ0v) is 23.4. The van der Waals surface area contributed by atoms with Crippen molar-refractivity contribution in [1.82, 2.24) is 0 Å². The maximum atomic E-state index is 13.9. The van der Waals surface area contributed by atoms with E-state index >= 15 is 0 Å². The van der Waals surface area contributed by atoms with Gasteiger partial charge >= 0.3 is 0 Å². The van der Waals surface area contributed by atoms with Crippen LogP contribution in [0.1, 0.15) is 32.6 Å². The van der Waals surface area contributed by atoms with Crippen LogP contribution in [-0.4, -0.2) is 20.7 Å². The van der Waals surface area contributed by atoms with Crippen molar-refractivity contribution in [3.63, 3.8) is 0 Å². The molecule has 8 nitrogen and oxygen atoms in total. The summed E-state index contributed by atoms with van der Waals surface area (Å²) < 4.78 is 0. The summed E-state index contributed by atoms with van der Waals surface area (Å²) in [6, 6.07) is 17.1. The lowest BCUT2D eigenvalue weighted by Gasteiger charge is -2.26. The molecule has 0 heterocycles. The van der Waals surface area contributed by atoms with Gasteiger partial charge in [-0.1, -0.05) is 24.3 Å². The molecule has 9 rings (SSSR count). The maximum absolute atomic E-state index is 13.9. The van der Waals surface area contributed by atoms with Gasteiger partial charge < -0.3 is 5.11 Å². The molecule has 0 aliphatic heterocycles.